The molecule has 0 radical (unpaired) electrons. The second-order valence-corrected chi connectivity index (χ2v) is 4.90. The molecule has 1 aromatic rings. The lowest BCUT2D eigenvalue weighted by molar-refractivity contribution is -0.120. The van der Waals surface area contributed by atoms with E-state index in [1.54, 1.807) is 12.1 Å². The highest BCUT2D eigenvalue weighted by Gasteiger charge is 2.15. The molecule has 9 heteroatoms. The number of nitrogens with zero attached hydrogens (tertiary/aromatic N) is 1. The Balaban J connectivity index is 2.53. The lowest BCUT2D eigenvalue weighted by atomic mass is 10.1. The third-order valence-corrected chi connectivity index (χ3v) is 3.42. The van der Waals surface area contributed by atoms with Crippen LogP contribution in [0.3, 0.4) is 0 Å². The number of hydrogen-bond acceptors (Lipinski definition) is 5. The first-order valence-corrected chi connectivity index (χ1v) is 7.80. The number of carbonyl (C=O) groups excluding carboxylic acids is 3. The highest BCUT2D eigenvalue weighted by Crippen LogP contribution is 2.24. The molecule has 138 valence electrons. The summed E-state index contributed by atoms with van der Waals surface area (Å²) in [6, 6.07) is 4.30. The SMILES string of the molecule is CCN(CC)C(=O)NNC(=O)CNC(=O)c1ccc(OC)cc1OC. The molecule has 0 aliphatic heterocycles. The number of methoxy groups -OCH3 is 2. The molecule has 0 spiro atoms. The molecule has 0 aliphatic rings. The molecule has 0 fully saturated rings. The van der Waals surface area contributed by atoms with Crippen LogP contribution in [-0.2, 0) is 4.79 Å². The van der Waals surface area contributed by atoms with Crippen molar-refractivity contribution in [2.45, 2.75) is 13.8 Å². The molecule has 3 N–H and O–H groups in total. The van der Waals surface area contributed by atoms with Gasteiger partial charge < -0.3 is 19.7 Å². The summed E-state index contributed by atoms with van der Waals surface area (Å²) in [6.45, 7) is 4.39. The zero-order chi connectivity index (χ0) is 18.8. The number of benzene rings is 1. The van der Waals surface area contributed by atoms with Crippen molar-refractivity contribution in [2.24, 2.45) is 0 Å². The van der Waals surface area contributed by atoms with Crippen molar-refractivity contribution in [2.75, 3.05) is 33.9 Å². The van der Waals surface area contributed by atoms with E-state index in [4.69, 9.17) is 9.47 Å². The van der Waals surface area contributed by atoms with Crippen LogP contribution in [0, 0.1) is 0 Å². The summed E-state index contributed by atoms with van der Waals surface area (Å²) in [7, 11) is 2.94. The molecule has 25 heavy (non-hydrogen) atoms. The third-order valence-electron chi connectivity index (χ3n) is 3.42. The minimum Gasteiger partial charge on any atom is -0.497 e. The molecule has 4 amide bonds. The Morgan fingerprint density at radius 1 is 1.04 bits per heavy atom. The van der Waals surface area contributed by atoms with Gasteiger partial charge in [-0.1, -0.05) is 0 Å². The minimum atomic E-state index is -0.554. The fourth-order valence-electron chi connectivity index (χ4n) is 2.00. The zero-order valence-electron chi connectivity index (χ0n) is 14.8. The molecule has 0 aliphatic carbocycles. The second kappa shape index (κ2) is 10.0. The Hall–Kier alpha value is -2.97. The Bertz CT molecular complexity index is 617. The number of hydrazine groups is 1. The summed E-state index contributed by atoms with van der Waals surface area (Å²) >= 11 is 0. The van der Waals surface area contributed by atoms with Crippen LogP contribution < -0.4 is 25.6 Å². The third kappa shape index (κ3) is 5.87. The Morgan fingerprint density at radius 3 is 2.28 bits per heavy atom. The molecule has 0 atom stereocenters. The molecule has 0 heterocycles. The van der Waals surface area contributed by atoms with Crippen LogP contribution in [0.4, 0.5) is 4.79 Å². The second-order valence-electron chi connectivity index (χ2n) is 4.90. The molecular formula is C16H24N4O5. The summed E-state index contributed by atoms with van der Waals surface area (Å²) < 4.78 is 10.2. The predicted octanol–water partition coefficient (Wildman–Crippen LogP) is 0.516. The van der Waals surface area contributed by atoms with Gasteiger partial charge >= 0.3 is 6.03 Å². The fourth-order valence-corrected chi connectivity index (χ4v) is 2.00. The standard InChI is InChI=1S/C16H24N4O5/c1-5-20(6-2)16(23)19-18-14(21)10-17-15(22)12-8-7-11(24-3)9-13(12)25-4/h7-9H,5-6,10H2,1-4H3,(H,17,22)(H,18,21)(H,19,23). The normalized spacial score (nSPS) is 9.76. The van der Waals surface area contributed by atoms with Crippen molar-refractivity contribution in [3.8, 4) is 11.5 Å². The van der Waals surface area contributed by atoms with Crippen molar-refractivity contribution in [3.05, 3.63) is 23.8 Å². The average Bonchev–Trinajstić information content (AvgIpc) is 2.64. The largest absolute Gasteiger partial charge is 0.497 e. The Kier molecular flexibility index (Phi) is 8.04. The first-order valence-electron chi connectivity index (χ1n) is 7.80. The molecule has 0 saturated heterocycles. The van der Waals surface area contributed by atoms with Gasteiger partial charge in [0.15, 0.2) is 0 Å². The van der Waals surface area contributed by atoms with E-state index in [1.165, 1.54) is 25.2 Å². The van der Waals surface area contributed by atoms with Crippen LogP contribution in [0.15, 0.2) is 18.2 Å². The number of urea groups is 1. The van der Waals surface area contributed by atoms with Gasteiger partial charge in [-0.15, -0.1) is 0 Å². The van der Waals surface area contributed by atoms with Gasteiger partial charge in [0.2, 0.25) is 0 Å². The fraction of sp³-hybridized carbons (Fsp3) is 0.438. The maximum absolute atomic E-state index is 12.2. The van der Waals surface area contributed by atoms with Crippen LogP contribution in [0.1, 0.15) is 24.2 Å². The predicted molar refractivity (Wildman–Crippen MR) is 91.5 cm³/mol. The summed E-state index contributed by atoms with van der Waals surface area (Å²) in [4.78, 5) is 37.1. The van der Waals surface area contributed by atoms with Gasteiger partial charge in [0.1, 0.15) is 11.5 Å². The lowest BCUT2D eigenvalue weighted by Gasteiger charge is -2.19. The number of rotatable bonds is 7. The van der Waals surface area contributed by atoms with Crippen molar-refractivity contribution < 1.29 is 23.9 Å². The van der Waals surface area contributed by atoms with Gasteiger partial charge in [0, 0.05) is 19.2 Å². The zero-order valence-corrected chi connectivity index (χ0v) is 14.8. The van der Waals surface area contributed by atoms with Crippen molar-refractivity contribution in [3.63, 3.8) is 0 Å². The van der Waals surface area contributed by atoms with Crippen LogP contribution in [0.5, 0.6) is 11.5 Å². The van der Waals surface area contributed by atoms with E-state index in [0.29, 0.717) is 24.6 Å². The Labute approximate surface area is 146 Å². The highest BCUT2D eigenvalue weighted by molar-refractivity contribution is 5.99. The number of nitrogens with one attached hydrogen (secondary N) is 3. The van der Waals surface area contributed by atoms with Crippen LogP contribution in [-0.4, -0.2) is 56.6 Å². The quantitative estimate of drug-likeness (QED) is 0.620. The molecule has 1 rings (SSSR count). The van der Waals surface area contributed by atoms with Gasteiger partial charge in [-0.05, 0) is 26.0 Å². The van der Waals surface area contributed by atoms with E-state index < -0.39 is 17.8 Å². The van der Waals surface area contributed by atoms with Crippen molar-refractivity contribution >= 4 is 17.8 Å². The molecule has 9 nitrogen and oxygen atoms in total. The lowest BCUT2D eigenvalue weighted by Crippen LogP contribution is -2.51. The van der Waals surface area contributed by atoms with Gasteiger partial charge in [0.25, 0.3) is 11.8 Å². The minimum absolute atomic E-state index is 0.267. The van der Waals surface area contributed by atoms with E-state index >= 15 is 0 Å². The van der Waals surface area contributed by atoms with Crippen molar-refractivity contribution in [1.82, 2.24) is 21.1 Å². The van der Waals surface area contributed by atoms with E-state index in [-0.39, 0.29) is 12.1 Å². The maximum atomic E-state index is 12.2. The maximum Gasteiger partial charge on any atom is 0.336 e. The number of ether oxygens (including phenoxy) is 2. The summed E-state index contributed by atoms with van der Waals surface area (Å²) in [5.41, 5.74) is 4.79. The summed E-state index contributed by atoms with van der Waals surface area (Å²) in [6.07, 6.45) is 0. The monoisotopic (exact) mass is 352 g/mol. The first kappa shape index (κ1) is 20.1. The van der Waals surface area contributed by atoms with Crippen LogP contribution in [0.25, 0.3) is 0 Å². The average molecular weight is 352 g/mol. The van der Waals surface area contributed by atoms with Crippen LogP contribution in [0.2, 0.25) is 0 Å². The van der Waals surface area contributed by atoms with Gasteiger partial charge in [-0.3, -0.25) is 15.0 Å². The molecule has 0 unspecified atom stereocenters. The summed E-state index contributed by atoms with van der Waals surface area (Å²) in [5.74, 6) is -0.164. The van der Waals surface area contributed by atoms with E-state index in [0.717, 1.165) is 0 Å². The van der Waals surface area contributed by atoms with E-state index in [9.17, 15) is 14.4 Å². The topological polar surface area (TPSA) is 109 Å². The molecule has 0 bridgehead atoms. The van der Waals surface area contributed by atoms with Gasteiger partial charge in [-0.25, -0.2) is 10.2 Å². The van der Waals surface area contributed by atoms with Crippen LogP contribution >= 0.6 is 0 Å². The van der Waals surface area contributed by atoms with Crippen molar-refractivity contribution in [1.29, 1.82) is 0 Å². The number of carbonyl (C=O) groups is 3. The van der Waals surface area contributed by atoms with E-state index in [1.807, 2.05) is 13.8 Å². The molecular weight excluding hydrogens is 328 g/mol. The molecule has 0 saturated carbocycles. The number of amides is 4. The summed E-state index contributed by atoms with van der Waals surface area (Å²) in [5, 5.41) is 2.46. The van der Waals surface area contributed by atoms with Gasteiger partial charge in [-0.2, -0.15) is 0 Å². The Morgan fingerprint density at radius 2 is 1.72 bits per heavy atom. The van der Waals surface area contributed by atoms with E-state index in [2.05, 4.69) is 16.2 Å². The number of hydrogen-bond donors (Lipinski definition) is 3. The smallest absolute Gasteiger partial charge is 0.336 e. The van der Waals surface area contributed by atoms with Gasteiger partial charge in [0.05, 0.1) is 26.3 Å². The first-order chi connectivity index (χ1) is 12.0. The molecule has 1 aromatic carbocycles. The molecule has 0 aromatic heterocycles. The highest BCUT2D eigenvalue weighted by atomic mass is 16.5.